The molecule has 1 saturated heterocycles. The SMILES string of the molecule is CCN1CCOC(C(NN)c2c(Cl)cnn2C)C1. The summed E-state index contributed by atoms with van der Waals surface area (Å²) in [6.07, 6.45) is 1.61. The van der Waals surface area contributed by atoms with Gasteiger partial charge in [0.1, 0.15) is 0 Å². The number of nitrogens with zero attached hydrogens (tertiary/aromatic N) is 3. The number of hydrogen-bond acceptors (Lipinski definition) is 5. The van der Waals surface area contributed by atoms with Crippen LogP contribution in [0.25, 0.3) is 0 Å². The molecule has 0 amide bonds. The van der Waals surface area contributed by atoms with Crippen LogP contribution in [-0.2, 0) is 11.8 Å². The lowest BCUT2D eigenvalue weighted by molar-refractivity contribution is -0.0468. The maximum Gasteiger partial charge on any atom is 0.0925 e. The zero-order valence-electron chi connectivity index (χ0n) is 10.8. The van der Waals surface area contributed by atoms with Crippen LogP contribution in [0, 0.1) is 0 Å². The Hall–Kier alpha value is -0.660. The van der Waals surface area contributed by atoms with E-state index in [1.807, 2.05) is 7.05 Å². The number of ether oxygens (including phenoxy) is 1. The molecule has 1 aliphatic heterocycles. The van der Waals surface area contributed by atoms with Crippen LogP contribution in [0.15, 0.2) is 6.20 Å². The number of hydrazine groups is 1. The molecule has 1 aromatic heterocycles. The molecule has 2 rings (SSSR count). The van der Waals surface area contributed by atoms with Gasteiger partial charge in [-0.15, -0.1) is 0 Å². The van der Waals surface area contributed by atoms with Crippen LogP contribution in [0.3, 0.4) is 0 Å². The Morgan fingerprint density at radius 3 is 3.06 bits per heavy atom. The average molecular weight is 274 g/mol. The van der Waals surface area contributed by atoms with Crippen molar-refractivity contribution < 1.29 is 4.74 Å². The van der Waals surface area contributed by atoms with Crippen molar-refractivity contribution in [1.82, 2.24) is 20.1 Å². The molecule has 2 unspecified atom stereocenters. The highest BCUT2D eigenvalue weighted by Crippen LogP contribution is 2.27. The third kappa shape index (κ3) is 2.67. The van der Waals surface area contributed by atoms with E-state index in [4.69, 9.17) is 22.2 Å². The number of aryl methyl sites for hydroxylation is 1. The Labute approximate surface area is 112 Å². The Balaban J connectivity index is 2.18. The van der Waals surface area contributed by atoms with Gasteiger partial charge in [-0.3, -0.25) is 15.4 Å². The third-order valence-corrected chi connectivity index (χ3v) is 3.70. The molecule has 18 heavy (non-hydrogen) atoms. The van der Waals surface area contributed by atoms with Crippen molar-refractivity contribution >= 4 is 11.6 Å². The molecule has 0 aromatic carbocycles. The third-order valence-electron chi connectivity index (χ3n) is 3.41. The number of nitrogens with two attached hydrogens (primary N) is 1. The topological polar surface area (TPSA) is 68.3 Å². The van der Waals surface area contributed by atoms with Gasteiger partial charge in [0.05, 0.1) is 35.7 Å². The van der Waals surface area contributed by atoms with Crippen LogP contribution in [-0.4, -0.2) is 47.0 Å². The van der Waals surface area contributed by atoms with Gasteiger partial charge in [0, 0.05) is 20.1 Å². The van der Waals surface area contributed by atoms with E-state index in [1.165, 1.54) is 0 Å². The van der Waals surface area contributed by atoms with Gasteiger partial charge in [0.15, 0.2) is 0 Å². The van der Waals surface area contributed by atoms with Crippen molar-refractivity contribution in [1.29, 1.82) is 0 Å². The van der Waals surface area contributed by atoms with Gasteiger partial charge in [-0.05, 0) is 6.54 Å². The van der Waals surface area contributed by atoms with E-state index in [2.05, 4.69) is 22.3 Å². The van der Waals surface area contributed by atoms with Gasteiger partial charge in [-0.25, -0.2) is 5.43 Å². The zero-order valence-corrected chi connectivity index (χ0v) is 11.5. The van der Waals surface area contributed by atoms with Crippen LogP contribution >= 0.6 is 11.6 Å². The summed E-state index contributed by atoms with van der Waals surface area (Å²) in [5, 5.41) is 4.75. The molecule has 102 valence electrons. The molecule has 3 N–H and O–H groups in total. The number of rotatable bonds is 4. The largest absolute Gasteiger partial charge is 0.373 e. The van der Waals surface area contributed by atoms with Crippen molar-refractivity contribution in [3.8, 4) is 0 Å². The van der Waals surface area contributed by atoms with Gasteiger partial charge in [-0.1, -0.05) is 18.5 Å². The van der Waals surface area contributed by atoms with Gasteiger partial charge in [0.2, 0.25) is 0 Å². The lowest BCUT2D eigenvalue weighted by Crippen LogP contribution is -2.50. The van der Waals surface area contributed by atoms with Gasteiger partial charge < -0.3 is 4.74 Å². The van der Waals surface area contributed by atoms with Gasteiger partial charge in [-0.2, -0.15) is 5.10 Å². The van der Waals surface area contributed by atoms with Crippen LogP contribution in [0.5, 0.6) is 0 Å². The fourth-order valence-corrected chi connectivity index (χ4v) is 2.64. The monoisotopic (exact) mass is 273 g/mol. The molecule has 1 aliphatic rings. The Bertz CT molecular complexity index is 377. The van der Waals surface area contributed by atoms with Gasteiger partial charge in [0.25, 0.3) is 0 Å². The molecule has 1 aromatic rings. The number of halogens is 1. The standard InChI is InChI=1S/C11H20ClN5O/c1-3-17-4-5-18-9(7-17)10(15-13)11-8(12)6-14-16(11)2/h6,9-10,15H,3-5,7,13H2,1-2H3. The van der Waals surface area contributed by atoms with E-state index in [1.54, 1.807) is 10.9 Å². The Morgan fingerprint density at radius 2 is 2.50 bits per heavy atom. The quantitative estimate of drug-likeness (QED) is 0.610. The predicted molar refractivity (Wildman–Crippen MR) is 70.1 cm³/mol. The van der Waals surface area contributed by atoms with Crippen LogP contribution in [0.2, 0.25) is 5.02 Å². The number of nitrogens with one attached hydrogen (secondary N) is 1. The molecular formula is C11H20ClN5O. The molecule has 7 heteroatoms. The number of morpholine rings is 1. The second-order valence-electron chi connectivity index (χ2n) is 4.45. The lowest BCUT2D eigenvalue weighted by atomic mass is 10.1. The van der Waals surface area contributed by atoms with Crippen molar-refractivity contribution in [2.45, 2.75) is 19.1 Å². The van der Waals surface area contributed by atoms with Crippen LogP contribution < -0.4 is 11.3 Å². The average Bonchev–Trinajstić information content (AvgIpc) is 2.72. The summed E-state index contributed by atoms with van der Waals surface area (Å²) < 4.78 is 7.55. The summed E-state index contributed by atoms with van der Waals surface area (Å²) in [5.41, 5.74) is 3.67. The minimum absolute atomic E-state index is 0.0170. The fourth-order valence-electron chi connectivity index (χ4n) is 2.35. The van der Waals surface area contributed by atoms with Crippen LogP contribution in [0.1, 0.15) is 18.7 Å². The van der Waals surface area contributed by atoms with Crippen molar-refractivity contribution in [3.05, 3.63) is 16.9 Å². The Morgan fingerprint density at radius 1 is 1.72 bits per heavy atom. The maximum atomic E-state index is 6.16. The summed E-state index contributed by atoms with van der Waals surface area (Å²) in [6, 6.07) is -0.153. The van der Waals surface area contributed by atoms with E-state index in [9.17, 15) is 0 Å². The first-order chi connectivity index (χ1) is 8.67. The minimum atomic E-state index is -0.153. The zero-order chi connectivity index (χ0) is 13.1. The molecule has 0 radical (unpaired) electrons. The van der Waals surface area contributed by atoms with E-state index in [0.29, 0.717) is 11.6 Å². The number of likely N-dealkylation sites (N-methyl/N-ethyl adjacent to an activating group) is 1. The second kappa shape index (κ2) is 5.99. The molecule has 0 spiro atoms. The first-order valence-corrected chi connectivity index (χ1v) is 6.52. The maximum absolute atomic E-state index is 6.16. The molecule has 1 fully saturated rings. The number of aromatic nitrogens is 2. The van der Waals surface area contributed by atoms with E-state index in [-0.39, 0.29) is 12.1 Å². The minimum Gasteiger partial charge on any atom is -0.373 e. The molecular weight excluding hydrogens is 254 g/mol. The summed E-state index contributed by atoms with van der Waals surface area (Å²) in [7, 11) is 1.85. The fraction of sp³-hybridized carbons (Fsp3) is 0.727. The first-order valence-electron chi connectivity index (χ1n) is 6.14. The molecule has 2 atom stereocenters. The highest BCUT2D eigenvalue weighted by atomic mass is 35.5. The molecule has 2 heterocycles. The molecule has 0 aliphatic carbocycles. The molecule has 0 bridgehead atoms. The smallest absolute Gasteiger partial charge is 0.0925 e. The molecule has 6 nitrogen and oxygen atoms in total. The summed E-state index contributed by atoms with van der Waals surface area (Å²) in [4.78, 5) is 2.34. The van der Waals surface area contributed by atoms with E-state index >= 15 is 0 Å². The first kappa shape index (κ1) is 13.8. The Kier molecular flexibility index (Phi) is 4.58. The lowest BCUT2D eigenvalue weighted by Gasteiger charge is -2.36. The van der Waals surface area contributed by atoms with Crippen molar-refractivity contribution in [2.24, 2.45) is 12.9 Å². The van der Waals surface area contributed by atoms with E-state index < -0.39 is 0 Å². The highest BCUT2D eigenvalue weighted by molar-refractivity contribution is 6.31. The number of hydrogen-bond donors (Lipinski definition) is 2. The second-order valence-corrected chi connectivity index (χ2v) is 4.86. The molecule has 0 saturated carbocycles. The van der Waals surface area contributed by atoms with E-state index in [0.717, 1.165) is 25.3 Å². The highest BCUT2D eigenvalue weighted by Gasteiger charge is 2.31. The van der Waals surface area contributed by atoms with Crippen LogP contribution in [0.4, 0.5) is 0 Å². The normalized spacial score (nSPS) is 23.2. The summed E-state index contributed by atoms with van der Waals surface area (Å²) >= 11 is 6.16. The predicted octanol–water partition coefficient (Wildman–Crippen LogP) is 0.299. The van der Waals surface area contributed by atoms with Crippen molar-refractivity contribution in [3.63, 3.8) is 0 Å². The van der Waals surface area contributed by atoms with Crippen molar-refractivity contribution in [2.75, 3.05) is 26.2 Å². The summed E-state index contributed by atoms with van der Waals surface area (Å²) in [6.45, 7) is 5.67. The van der Waals surface area contributed by atoms with Gasteiger partial charge >= 0.3 is 0 Å². The summed E-state index contributed by atoms with van der Waals surface area (Å²) in [5.74, 6) is 5.67.